The van der Waals surface area contributed by atoms with E-state index in [0.29, 0.717) is 61.3 Å². The summed E-state index contributed by atoms with van der Waals surface area (Å²) in [5.41, 5.74) is 0.950. The van der Waals surface area contributed by atoms with Crippen molar-refractivity contribution < 1.29 is 17.9 Å². The summed E-state index contributed by atoms with van der Waals surface area (Å²) in [4.78, 5) is 19.8. The second-order valence-electron chi connectivity index (χ2n) is 6.92. The van der Waals surface area contributed by atoms with Crippen LogP contribution < -0.4 is 10.3 Å². The van der Waals surface area contributed by atoms with Crippen LogP contribution in [-0.2, 0) is 14.8 Å². The molecule has 3 heterocycles. The van der Waals surface area contributed by atoms with Crippen LogP contribution in [0.3, 0.4) is 0 Å². The molecule has 1 N–H and O–H groups in total. The number of ether oxygens (including phenoxy) is 2. The number of H-pyrrole nitrogens is 1. The summed E-state index contributed by atoms with van der Waals surface area (Å²) in [6, 6.07) is 4.57. The molecule has 0 unspecified atom stereocenters. The van der Waals surface area contributed by atoms with Crippen LogP contribution in [-0.4, -0.2) is 65.2 Å². The van der Waals surface area contributed by atoms with E-state index in [4.69, 9.17) is 9.47 Å². The maximum absolute atomic E-state index is 13.1. The number of aryl methyl sites for hydroxylation is 2. The molecule has 0 spiro atoms. The van der Waals surface area contributed by atoms with Crippen LogP contribution in [0.15, 0.2) is 27.9 Å². The Morgan fingerprint density at radius 1 is 1.23 bits per heavy atom. The van der Waals surface area contributed by atoms with Crippen molar-refractivity contribution in [2.75, 3.05) is 32.9 Å². The van der Waals surface area contributed by atoms with E-state index in [0.717, 1.165) is 0 Å². The molecule has 11 heteroatoms. The number of hydrogen-bond acceptors (Lipinski definition) is 7. The Balaban J connectivity index is 1.88. The molecule has 0 saturated carbocycles. The number of hydrogen-bond donors (Lipinski definition) is 1. The smallest absolute Gasteiger partial charge is 0.277 e. The summed E-state index contributed by atoms with van der Waals surface area (Å²) in [6.45, 7) is 6.98. The molecule has 10 nitrogen and oxygen atoms in total. The van der Waals surface area contributed by atoms with E-state index < -0.39 is 10.0 Å². The lowest BCUT2D eigenvalue weighted by atomic mass is 10.2. The second kappa shape index (κ2) is 7.82. The van der Waals surface area contributed by atoms with Crippen molar-refractivity contribution in [3.8, 4) is 17.1 Å². The van der Waals surface area contributed by atoms with Crippen LogP contribution in [0.4, 0.5) is 0 Å². The number of rotatable bonds is 5. The molecular formula is C19H23N5O5S. The molecular weight excluding hydrogens is 410 g/mol. The highest BCUT2D eigenvalue weighted by Gasteiger charge is 2.28. The molecule has 2 aromatic heterocycles. The van der Waals surface area contributed by atoms with Crippen LogP contribution in [0.1, 0.15) is 18.4 Å². The Morgan fingerprint density at radius 3 is 2.67 bits per heavy atom. The monoisotopic (exact) mass is 433 g/mol. The summed E-state index contributed by atoms with van der Waals surface area (Å²) in [7, 11) is -3.72. The average Bonchev–Trinajstić information content (AvgIpc) is 3.03. The largest absolute Gasteiger partial charge is 0.493 e. The molecule has 1 aliphatic heterocycles. The number of benzene rings is 1. The molecule has 1 aromatic carbocycles. The number of morpholine rings is 1. The molecule has 0 aliphatic carbocycles. The fourth-order valence-electron chi connectivity index (χ4n) is 3.53. The van der Waals surface area contributed by atoms with Crippen LogP contribution in [0, 0.1) is 13.8 Å². The molecule has 3 aromatic rings. The maximum Gasteiger partial charge on any atom is 0.277 e. The molecule has 1 fully saturated rings. The highest BCUT2D eigenvalue weighted by atomic mass is 32.2. The van der Waals surface area contributed by atoms with Gasteiger partial charge < -0.3 is 14.5 Å². The Morgan fingerprint density at radius 2 is 1.97 bits per heavy atom. The van der Waals surface area contributed by atoms with E-state index in [9.17, 15) is 13.2 Å². The summed E-state index contributed by atoms with van der Waals surface area (Å²) >= 11 is 0. The number of sulfonamides is 1. The quantitative estimate of drug-likeness (QED) is 0.640. The van der Waals surface area contributed by atoms with E-state index in [2.05, 4.69) is 15.1 Å². The molecule has 0 amide bonds. The van der Waals surface area contributed by atoms with Crippen molar-refractivity contribution in [3.05, 3.63) is 40.1 Å². The highest BCUT2D eigenvalue weighted by molar-refractivity contribution is 7.89. The summed E-state index contributed by atoms with van der Waals surface area (Å²) in [6.07, 6.45) is 0. The lowest BCUT2D eigenvalue weighted by Gasteiger charge is -2.26. The molecule has 0 atom stereocenters. The van der Waals surface area contributed by atoms with E-state index in [1.807, 2.05) is 6.92 Å². The lowest BCUT2D eigenvalue weighted by molar-refractivity contribution is 0.0730. The van der Waals surface area contributed by atoms with Gasteiger partial charge >= 0.3 is 0 Å². The van der Waals surface area contributed by atoms with Gasteiger partial charge in [-0.25, -0.2) is 17.9 Å². The van der Waals surface area contributed by atoms with Gasteiger partial charge in [-0.2, -0.15) is 4.31 Å². The summed E-state index contributed by atoms with van der Waals surface area (Å²) in [5, 5.41) is 4.50. The zero-order valence-corrected chi connectivity index (χ0v) is 17.8. The zero-order valence-electron chi connectivity index (χ0n) is 17.0. The summed E-state index contributed by atoms with van der Waals surface area (Å²) < 4.78 is 40.0. The van der Waals surface area contributed by atoms with Crippen molar-refractivity contribution >= 4 is 15.5 Å². The fourth-order valence-corrected chi connectivity index (χ4v) is 4.96. The van der Waals surface area contributed by atoms with Crippen molar-refractivity contribution in [2.45, 2.75) is 25.7 Å². The van der Waals surface area contributed by atoms with E-state index in [-0.39, 0.29) is 16.3 Å². The topological polar surface area (TPSA) is 119 Å². The number of imidazole rings is 1. The third-order valence-corrected chi connectivity index (χ3v) is 6.85. The molecule has 0 bridgehead atoms. The van der Waals surface area contributed by atoms with Crippen LogP contribution in [0.2, 0.25) is 0 Å². The van der Waals surface area contributed by atoms with Gasteiger partial charge in [-0.05, 0) is 39.0 Å². The Bertz CT molecular complexity index is 1260. The average molecular weight is 433 g/mol. The van der Waals surface area contributed by atoms with Crippen molar-refractivity contribution in [1.82, 2.24) is 23.9 Å². The van der Waals surface area contributed by atoms with Crippen molar-refractivity contribution in [1.29, 1.82) is 0 Å². The minimum absolute atomic E-state index is 0.101. The number of fused-ring (bicyclic) bond motifs is 1. The minimum atomic E-state index is -3.72. The number of nitrogens with zero attached hydrogens (tertiary/aromatic N) is 4. The maximum atomic E-state index is 13.1. The lowest BCUT2D eigenvalue weighted by Crippen LogP contribution is -2.40. The van der Waals surface area contributed by atoms with Gasteiger partial charge in [0.15, 0.2) is 11.3 Å². The van der Waals surface area contributed by atoms with Crippen molar-refractivity contribution in [2.24, 2.45) is 0 Å². The predicted molar refractivity (Wildman–Crippen MR) is 109 cm³/mol. The first kappa shape index (κ1) is 20.5. The van der Waals surface area contributed by atoms with Crippen LogP contribution in [0.5, 0.6) is 5.75 Å². The fraction of sp³-hybridized carbons (Fsp3) is 0.421. The summed E-state index contributed by atoms with van der Waals surface area (Å²) in [5.74, 6) is 1.19. The first-order valence-electron chi connectivity index (χ1n) is 9.64. The van der Waals surface area contributed by atoms with Gasteiger partial charge in [0.1, 0.15) is 11.6 Å². The van der Waals surface area contributed by atoms with E-state index in [1.165, 1.54) is 21.0 Å². The van der Waals surface area contributed by atoms with Gasteiger partial charge in [-0.1, -0.05) is 0 Å². The van der Waals surface area contributed by atoms with Crippen molar-refractivity contribution in [3.63, 3.8) is 0 Å². The van der Waals surface area contributed by atoms with E-state index in [1.54, 1.807) is 19.9 Å². The molecule has 160 valence electrons. The number of aromatic amines is 1. The molecule has 30 heavy (non-hydrogen) atoms. The van der Waals surface area contributed by atoms with Gasteiger partial charge in [0.05, 0.1) is 36.0 Å². The molecule has 0 radical (unpaired) electrons. The highest BCUT2D eigenvalue weighted by Crippen LogP contribution is 2.31. The predicted octanol–water partition coefficient (Wildman–Crippen LogP) is 1.12. The van der Waals surface area contributed by atoms with Crippen LogP contribution in [0.25, 0.3) is 16.9 Å². The molecule has 1 aliphatic rings. The Labute approximate surface area is 173 Å². The zero-order chi connectivity index (χ0) is 21.5. The number of nitrogens with one attached hydrogen (secondary N) is 1. The van der Waals surface area contributed by atoms with Gasteiger partial charge in [-0.3, -0.25) is 4.79 Å². The second-order valence-corrected chi connectivity index (χ2v) is 8.85. The third kappa shape index (κ3) is 3.48. The van der Waals surface area contributed by atoms with Crippen LogP contribution >= 0.6 is 0 Å². The van der Waals surface area contributed by atoms with E-state index >= 15 is 0 Å². The third-order valence-electron chi connectivity index (χ3n) is 4.95. The molecule has 4 rings (SSSR count). The van der Waals surface area contributed by atoms with Gasteiger partial charge in [0, 0.05) is 13.1 Å². The van der Waals surface area contributed by atoms with Gasteiger partial charge in [0.25, 0.3) is 5.56 Å². The normalized spacial score (nSPS) is 15.6. The first-order valence-corrected chi connectivity index (χ1v) is 11.1. The Hall–Kier alpha value is -2.76. The minimum Gasteiger partial charge on any atom is -0.493 e. The number of aromatic nitrogens is 4. The first-order chi connectivity index (χ1) is 14.3. The SMILES string of the molecule is CCOc1ccc(S(=O)(=O)N2CCOCC2)cc1-c1nn2c(C)nc(C)c2c(=O)[nH]1. The standard InChI is InChI=1S/C19H23N5O5S/c1-4-29-16-6-5-14(30(26,27)23-7-9-28-10-8-23)11-15(16)18-21-19(25)17-12(2)20-13(3)24(17)22-18/h5-6,11H,4,7-10H2,1-3H3,(H,21,22,25). The van der Waals surface area contributed by atoms with Gasteiger partial charge in [0.2, 0.25) is 10.0 Å². The Kier molecular flexibility index (Phi) is 5.35. The molecule has 1 saturated heterocycles. The van der Waals surface area contributed by atoms with Gasteiger partial charge in [-0.15, -0.1) is 5.10 Å².